The second kappa shape index (κ2) is 10.9. The molecule has 6 heteroatoms. The average Bonchev–Trinajstić information content (AvgIpc) is 2.86. The van der Waals surface area contributed by atoms with Crippen molar-refractivity contribution in [3.05, 3.63) is 65.6 Å². The molecule has 1 atom stereocenters. The second-order valence-corrected chi connectivity index (χ2v) is 9.88. The largest absolute Gasteiger partial charge is 0.383 e. The summed E-state index contributed by atoms with van der Waals surface area (Å²) in [6.45, 7) is 9.08. The quantitative estimate of drug-likeness (QED) is 0.329. The number of hydrogen-bond acceptors (Lipinski definition) is 4. The lowest BCUT2D eigenvalue weighted by Gasteiger charge is -2.36. The number of benzene rings is 2. The summed E-state index contributed by atoms with van der Waals surface area (Å²) in [5.74, 6) is 1.42. The number of nitrogen functional groups attached to an aromatic ring is 1. The van der Waals surface area contributed by atoms with Crippen molar-refractivity contribution in [3.63, 3.8) is 0 Å². The monoisotopic (exact) mass is 474 g/mol. The van der Waals surface area contributed by atoms with Crippen molar-refractivity contribution < 1.29 is 9.18 Å². The molecule has 1 saturated heterocycles. The summed E-state index contributed by atoms with van der Waals surface area (Å²) in [4.78, 5) is 17.3. The van der Waals surface area contributed by atoms with Gasteiger partial charge in [0.05, 0.1) is 0 Å². The van der Waals surface area contributed by atoms with Gasteiger partial charge in [0.15, 0.2) is 0 Å². The van der Waals surface area contributed by atoms with Crippen LogP contribution in [0.25, 0.3) is 22.3 Å². The van der Waals surface area contributed by atoms with E-state index in [0.717, 1.165) is 53.9 Å². The number of carbonyl (C=O) groups is 1. The van der Waals surface area contributed by atoms with Crippen LogP contribution in [0.5, 0.6) is 0 Å². The second-order valence-electron chi connectivity index (χ2n) is 9.88. The molecule has 3 aromatic rings. The van der Waals surface area contributed by atoms with E-state index in [9.17, 15) is 4.79 Å². The van der Waals surface area contributed by atoms with E-state index in [0.29, 0.717) is 41.7 Å². The zero-order valence-corrected chi connectivity index (χ0v) is 20.9. The highest BCUT2D eigenvalue weighted by molar-refractivity contribution is 5.80. The molecule has 2 aromatic carbocycles. The van der Waals surface area contributed by atoms with Crippen molar-refractivity contribution >= 4 is 17.9 Å². The van der Waals surface area contributed by atoms with Gasteiger partial charge in [0.1, 0.15) is 11.6 Å². The Kier molecular flexibility index (Phi) is 7.69. The SMILES string of the molecule is Cc1ccc(-c2cc(-c3ccc(N4CCCC(C(C)C)C4)cc3F)cnc2N)cc1CCNC=O. The lowest BCUT2D eigenvalue weighted by Crippen LogP contribution is -2.37. The summed E-state index contributed by atoms with van der Waals surface area (Å²) in [6, 6.07) is 13.5. The summed E-state index contributed by atoms with van der Waals surface area (Å²) in [7, 11) is 0. The van der Waals surface area contributed by atoms with Crippen LogP contribution in [0.15, 0.2) is 48.7 Å². The first-order valence-corrected chi connectivity index (χ1v) is 12.4. The van der Waals surface area contributed by atoms with Crippen molar-refractivity contribution in [2.75, 3.05) is 30.3 Å². The molecule has 1 unspecified atom stereocenters. The van der Waals surface area contributed by atoms with E-state index in [1.165, 1.54) is 6.42 Å². The lowest BCUT2D eigenvalue weighted by atomic mass is 9.87. The first kappa shape index (κ1) is 24.7. The molecule has 1 aliphatic heterocycles. The summed E-state index contributed by atoms with van der Waals surface area (Å²) in [5, 5.41) is 2.70. The molecule has 0 radical (unpaired) electrons. The summed E-state index contributed by atoms with van der Waals surface area (Å²) >= 11 is 0. The predicted molar refractivity (Wildman–Crippen MR) is 142 cm³/mol. The van der Waals surface area contributed by atoms with Crippen LogP contribution in [0.3, 0.4) is 0 Å². The number of rotatable bonds is 8. The molecule has 0 bridgehead atoms. The Morgan fingerprint density at radius 1 is 1.17 bits per heavy atom. The maximum atomic E-state index is 15.4. The summed E-state index contributed by atoms with van der Waals surface area (Å²) in [5.41, 5.74) is 12.3. The van der Waals surface area contributed by atoms with Crippen LogP contribution in [0, 0.1) is 24.6 Å². The molecule has 1 fully saturated rings. The van der Waals surface area contributed by atoms with Gasteiger partial charge in [0, 0.05) is 48.2 Å². The summed E-state index contributed by atoms with van der Waals surface area (Å²) in [6.07, 6.45) is 5.44. The molecular formula is C29H35FN4O. The Labute approximate surface area is 207 Å². The third-order valence-corrected chi connectivity index (χ3v) is 7.23. The van der Waals surface area contributed by atoms with E-state index in [2.05, 4.69) is 35.1 Å². The fourth-order valence-electron chi connectivity index (χ4n) is 4.95. The van der Waals surface area contributed by atoms with Gasteiger partial charge in [0.25, 0.3) is 0 Å². The highest BCUT2D eigenvalue weighted by Crippen LogP contribution is 2.34. The van der Waals surface area contributed by atoms with Crippen LogP contribution >= 0.6 is 0 Å². The number of anilines is 2. The number of nitrogens with zero attached hydrogens (tertiary/aromatic N) is 2. The van der Waals surface area contributed by atoms with Gasteiger partial charge in [-0.1, -0.05) is 32.0 Å². The van der Waals surface area contributed by atoms with Crippen molar-refractivity contribution in [1.82, 2.24) is 10.3 Å². The molecule has 0 spiro atoms. The Bertz CT molecular complexity index is 1190. The molecule has 4 rings (SSSR count). The van der Waals surface area contributed by atoms with Gasteiger partial charge in [-0.2, -0.15) is 0 Å². The molecule has 0 saturated carbocycles. The molecule has 1 amide bonds. The maximum absolute atomic E-state index is 15.4. The standard InChI is InChI=1S/C29H35FN4O/c1-19(2)23-5-4-12-34(17-23)25-8-9-26(28(30)15-25)24-14-27(29(31)33-16-24)22-7-6-20(3)21(13-22)10-11-32-18-35/h6-9,13-16,18-19,23H,4-5,10-12,17H2,1-3H3,(H2,31,33)(H,32,35). The zero-order chi connectivity index (χ0) is 24.9. The van der Waals surface area contributed by atoms with Gasteiger partial charge in [0.2, 0.25) is 6.41 Å². The molecule has 1 aromatic heterocycles. The zero-order valence-electron chi connectivity index (χ0n) is 20.9. The van der Waals surface area contributed by atoms with Crippen LogP contribution in [-0.4, -0.2) is 31.0 Å². The van der Waals surface area contributed by atoms with Gasteiger partial charge in [-0.25, -0.2) is 9.37 Å². The number of piperidine rings is 1. The predicted octanol–water partition coefficient (Wildman–Crippen LogP) is 5.61. The van der Waals surface area contributed by atoms with Crippen molar-refractivity contribution in [3.8, 4) is 22.3 Å². The number of halogens is 1. The van der Waals surface area contributed by atoms with E-state index < -0.39 is 0 Å². The first-order valence-electron chi connectivity index (χ1n) is 12.4. The number of amides is 1. The number of pyridine rings is 1. The van der Waals surface area contributed by atoms with Gasteiger partial charge in [-0.15, -0.1) is 0 Å². The Balaban J connectivity index is 1.61. The fourth-order valence-corrected chi connectivity index (χ4v) is 4.95. The van der Waals surface area contributed by atoms with Crippen molar-refractivity contribution in [2.45, 2.75) is 40.0 Å². The smallest absolute Gasteiger partial charge is 0.207 e. The first-order chi connectivity index (χ1) is 16.9. The van der Waals surface area contributed by atoms with Crippen LogP contribution < -0.4 is 16.0 Å². The molecule has 184 valence electrons. The van der Waals surface area contributed by atoms with E-state index >= 15 is 4.39 Å². The van der Waals surface area contributed by atoms with Gasteiger partial charge in [-0.3, -0.25) is 4.79 Å². The number of nitrogens with two attached hydrogens (primary N) is 1. The molecule has 35 heavy (non-hydrogen) atoms. The van der Waals surface area contributed by atoms with Crippen LogP contribution in [0.4, 0.5) is 15.9 Å². The number of nitrogens with one attached hydrogen (secondary N) is 1. The van der Waals surface area contributed by atoms with E-state index in [1.807, 2.05) is 37.3 Å². The van der Waals surface area contributed by atoms with E-state index in [4.69, 9.17) is 5.73 Å². The van der Waals surface area contributed by atoms with Crippen LogP contribution in [0.2, 0.25) is 0 Å². The molecule has 0 aliphatic carbocycles. The summed E-state index contributed by atoms with van der Waals surface area (Å²) < 4.78 is 15.4. The topological polar surface area (TPSA) is 71.2 Å². The van der Waals surface area contributed by atoms with Crippen molar-refractivity contribution in [2.24, 2.45) is 11.8 Å². The Morgan fingerprint density at radius 2 is 2.00 bits per heavy atom. The van der Waals surface area contributed by atoms with Gasteiger partial charge in [-0.05, 0) is 79.0 Å². The Hall–Kier alpha value is -3.41. The minimum Gasteiger partial charge on any atom is -0.383 e. The fraction of sp³-hybridized carbons (Fsp3) is 0.379. The molecule has 3 N–H and O–H groups in total. The third kappa shape index (κ3) is 5.64. The minimum atomic E-state index is -0.253. The molecule has 1 aliphatic rings. The van der Waals surface area contributed by atoms with E-state index in [1.54, 1.807) is 12.3 Å². The number of carbonyl (C=O) groups excluding carboxylic acids is 1. The normalized spacial score (nSPS) is 15.9. The highest BCUT2D eigenvalue weighted by Gasteiger charge is 2.23. The van der Waals surface area contributed by atoms with Crippen LogP contribution in [-0.2, 0) is 11.2 Å². The number of aromatic nitrogens is 1. The van der Waals surface area contributed by atoms with Gasteiger partial charge < -0.3 is 16.0 Å². The number of aryl methyl sites for hydroxylation is 1. The van der Waals surface area contributed by atoms with Crippen LogP contribution in [0.1, 0.15) is 37.8 Å². The Morgan fingerprint density at radius 3 is 2.74 bits per heavy atom. The highest BCUT2D eigenvalue weighted by atomic mass is 19.1. The molecular weight excluding hydrogens is 439 g/mol. The number of hydrogen-bond donors (Lipinski definition) is 2. The average molecular weight is 475 g/mol. The third-order valence-electron chi connectivity index (χ3n) is 7.23. The molecule has 2 heterocycles. The maximum Gasteiger partial charge on any atom is 0.207 e. The van der Waals surface area contributed by atoms with Crippen molar-refractivity contribution in [1.29, 1.82) is 0 Å². The molecule has 5 nitrogen and oxygen atoms in total. The minimum absolute atomic E-state index is 0.253. The lowest BCUT2D eigenvalue weighted by molar-refractivity contribution is -0.109. The van der Waals surface area contributed by atoms with E-state index in [-0.39, 0.29) is 5.82 Å². The van der Waals surface area contributed by atoms with Gasteiger partial charge >= 0.3 is 0 Å².